The number of hydrogen-bond donors (Lipinski definition) is 1. The monoisotopic (exact) mass is 278 g/mol. The largest absolute Gasteiger partial charge is 0.493 e. The van der Waals surface area contributed by atoms with Crippen LogP contribution in [0.25, 0.3) is 0 Å². The van der Waals surface area contributed by atoms with Crippen molar-refractivity contribution in [2.75, 3.05) is 27.8 Å². The number of rotatable bonds is 5. The highest BCUT2D eigenvalue weighted by molar-refractivity contribution is 5.83. The summed E-state index contributed by atoms with van der Waals surface area (Å²) < 4.78 is 10.6. The van der Waals surface area contributed by atoms with Crippen LogP contribution in [0.1, 0.15) is 17.5 Å². The fourth-order valence-corrected chi connectivity index (χ4v) is 2.46. The molecule has 110 valence electrons. The SMILES string of the molecule is COc1cc(C)c(CNC2CCN(C)C2=O)cc1OC. The van der Waals surface area contributed by atoms with Gasteiger partial charge in [-0.2, -0.15) is 0 Å². The molecule has 0 aliphatic carbocycles. The Kier molecular flexibility index (Phi) is 4.49. The van der Waals surface area contributed by atoms with Gasteiger partial charge in [0.2, 0.25) is 5.91 Å². The van der Waals surface area contributed by atoms with Gasteiger partial charge in [0.1, 0.15) is 0 Å². The number of hydrogen-bond acceptors (Lipinski definition) is 4. The number of nitrogens with zero attached hydrogens (tertiary/aromatic N) is 1. The molecule has 0 spiro atoms. The highest BCUT2D eigenvalue weighted by Crippen LogP contribution is 2.30. The zero-order valence-electron chi connectivity index (χ0n) is 12.5. The molecule has 5 heteroatoms. The summed E-state index contributed by atoms with van der Waals surface area (Å²) >= 11 is 0. The van der Waals surface area contributed by atoms with Crippen LogP contribution in [0.5, 0.6) is 11.5 Å². The van der Waals surface area contributed by atoms with E-state index < -0.39 is 0 Å². The fourth-order valence-electron chi connectivity index (χ4n) is 2.46. The first-order valence-corrected chi connectivity index (χ1v) is 6.76. The lowest BCUT2D eigenvalue weighted by atomic mass is 10.1. The molecule has 2 rings (SSSR count). The van der Waals surface area contributed by atoms with E-state index in [0.717, 1.165) is 29.8 Å². The number of carbonyl (C=O) groups is 1. The molecule has 0 saturated carbocycles. The number of aryl methyl sites for hydroxylation is 1. The van der Waals surface area contributed by atoms with Gasteiger partial charge in [-0.25, -0.2) is 0 Å². The van der Waals surface area contributed by atoms with E-state index in [2.05, 4.69) is 5.32 Å². The molecule has 1 N–H and O–H groups in total. The van der Waals surface area contributed by atoms with Crippen LogP contribution in [0.15, 0.2) is 12.1 Å². The van der Waals surface area contributed by atoms with Crippen LogP contribution in [0, 0.1) is 6.92 Å². The Hall–Kier alpha value is -1.75. The average molecular weight is 278 g/mol. The standard InChI is InChI=1S/C15H22N2O3/c1-10-7-13(19-3)14(20-4)8-11(10)9-16-12-5-6-17(2)15(12)18/h7-8,12,16H,5-6,9H2,1-4H3. The molecule has 1 aliphatic heterocycles. The van der Waals surface area contributed by atoms with Gasteiger partial charge in [0.05, 0.1) is 20.3 Å². The lowest BCUT2D eigenvalue weighted by molar-refractivity contribution is -0.128. The van der Waals surface area contributed by atoms with Crippen molar-refractivity contribution in [3.63, 3.8) is 0 Å². The van der Waals surface area contributed by atoms with E-state index >= 15 is 0 Å². The van der Waals surface area contributed by atoms with Crippen molar-refractivity contribution in [2.24, 2.45) is 0 Å². The summed E-state index contributed by atoms with van der Waals surface area (Å²) in [6.45, 7) is 3.50. The maximum atomic E-state index is 11.9. The van der Waals surface area contributed by atoms with Crippen LogP contribution in [0.2, 0.25) is 0 Å². The number of methoxy groups -OCH3 is 2. The number of likely N-dealkylation sites (tertiary alicyclic amines) is 1. The van der Waals surface area contributed by atoms with E-state index in [1.807, 2.05) is 26.1 Å². The predicted octanol–water partition coefficient (Wildman–Crippen LogP) is 1.33. The number of ether oxygens (including phenoxy) is 2. The van der Waals surface area contributed by atoms with Gasteiger partial charge in [0.25, 0.3) is 0 Å². The first-order valence-electron chi connectivity index (χ1n) is 6.76. The fraction of sp³-hybridized carbons (Fsp3) is 0.533. The van der Waals surface area contributed by atoms with E-state index in [9.17, 15) is 4.79 Å². The third-order valence-corrected chi connectivity index (χ3v) is 3.81. The molecule has 1 amide bonds. The molecule has 20 heavy (non-hydrogen) atoms. The van der Waals surface area contributed by atoms with Gasteiger partial charge in [-0.15, -0.1) is 0 Å². The van der Waals surface area contributed by atoms with Crippen LogP contribution in [-0.4, -0.2) is 44.7 Å². The average Bonchev–Trinajstić information content (AvgIpc) is 2.77. The molecule has 1 fully saturated rings. The minimum Gasteiger partial charge on any atom is -0.493 e. The van der Waals surface area contributed by atoms with Crippen molar-refractivity contribution in [3.05, 3.63) is 23.3 Å². The molecule has 1 aromatic carbocycles. The van der Waals surface area contributed by atoms with Crippen molar-refractivity contribution in [1.82, 2.24) is 10.2 Å². The molecule has 1 saturated heterocycles. The second-order valence-corrected chi connectivity index (χ2v) is 5.12. The number of benzene rings is 1. The van der Waals surface area contributed by atoms with Gasteiger partial charge >= 0.3 is 0 Å². The van der Waals surface area contributed by atoms with Crippen molar-refractivity contribution in [1.29, 1.82) is 0 Å². The van der Waals surface area contributed by atoms with E-state index in [1.54, 1.807) is 19.1 Å². The number of nitrogens with one attached hydrogen (secondary N) is 1. The lowest BCUT2D eigenvalue weighted by Gasteiger charge is -2.15. The van der Waals surface area contributed by atoms with Gasteiger partial charge in [0.15, 0.2) is 11.5 Å². The topological polar surface area (TPSA) is 50.8 Å². The first-order chi connectivity index (χ1) is 9.56. The summed E-state index contributed by atoms with van der Waals surface area (Å²) in [6.07, 6.45) is 0.863. The number of carbonyl (C=O) groups excluding carboxylic acids is 1. The van der Waals surface area contributed by atoms with Gasteiger partial charge in [-0.3, -0.25) is 4.79 Å². The quantitative estimate of drug-likeness (QED) is 0.883. The Morgan fingerprint density at radius 1 is 1.30 bits per heavy atom. The maximum absolute atomic E-state index is 11.9. The summed E-state index contributed by atoms with van der Waals surface area (Å²) in [6, 6.07) is 3.84. The minimum atomic E-state index is -0.0764. The molecule has 1 heterocycles. The minimum absolute atomic E-state index is 0.0764. The van der Waals surface area contributed by atoms with Crippen LogP contribution in [0.4, 0.5) is 0 Å². The molecule has 1 aromatic rings. The second-order valence-electron chi connectivity index (χ2n) is 5.12. The molecule has 5 nitrogen and oxygen atoms in total. The highest BCUT2D eigenvalue weighted by atomic mass is 16.5. The highest BCUT2D eigenvalue weighted by Gasteiger charge is 2.28. The van der Waals surface area contributed by atoms with E-state index in [-0.39, 0.29) is 11.9 Å². The number of amides is 1. The Morgan fingerprint density at radius 2 is 1.95 bits per heavy atom. The zero-order chi connectivity index (χ0) is 14.7. The van der Waals surface area contributed by atoms with Gasteiger partial charge in [-0.1, -0.05) is 0 Å². The Labute approximate surface area is 119 Å². The van der Waals surface area contributed by atoms with Crippen LogP contribution in [0.3, 0.4) is 0 Å². The zero-order valence-corrected chi connectivity index (χ0v) is 12.5. The maximum Gasteiger partial charge on any atom is 0.239 e. The van der Waals surface area contributed by atoms with Crippen molar-refractivity contribution in [2.45, 2.75) is 25.9 Å². The van der Waals surface area contributed by atoms with E-state index in [4.69, 9.17) is 9.47 Å². The van der Waals surface area contributed by atoms with Crippen LogP contribution in [-0.2, 0) is 11.3 Å². The lowest BCUT2D eigenvalue weighted by Crippen LogP contribution is -2.36. The second kappa shape index (κ2) is 6.13. The van der Waals surface area contributed by atoms with Crippen molar-refractivity contribution >= 4 is 5.91 Å². The summed E-state index contributed by atoms with van der Waals surface area (Å²) in [7, 11) is 5.09. The molecule has 0 bridgehead atoms. The van der Waals surface area contributed by atoms with Gasteiger partial charge < -0.3 is 19.7 Å². The smallest absolute Gasteiger partial charge is 0.239 e. The van der Waals surface area contributed by atoms with Crippen LogP contribution >= 0.6 is 0 Å². The summed E-state index contributed by atoms with van der Waals surface area (Å²) in [4.78, 5) is 13.6. The molecular formula is C15H22N2O3. The van der Waals surface area contributed by atoms with Gasteiger partial charge in [-0.05, 0) is 36.6 Å². The first kappa shape index (κ1) is 14.7. The molecule has 0 aromatic heterocycles. The van der Waals surface area contributed by atoms with E-state index in [0.29, 0.717) is 12.3 Å². The molecule has 1 atom stereocenters. The summed E-state index contributed by atoms with van der Waals surface area (Å²) in [5, 5.41) is 3.32. The molecule has 1 unspecified atom stereocenters. The molecule has 0 radical (unpaired) electrons. The number of likely N-dealkylation sites (N-methyl/N-ethyl adjacent to an activating group) is 1. The van der Waals surface area contributed by atoms with Crippen LogP contribution < -0.4 is 14.8 Å². The summed E-state index contributed by atoms with van der Waals surface area (Å²) in [5.74, 6) is 1.61. The van der Waals surface area contributed by atoms with Crippen molar-refractivity contribution in [3.8, 4) is 11.5 Å². The Balaban J connectivity index is 2.08. The normalized spacial score (nSPS) is 18.5. The predicted molar refractivity (Wildman–Crippen MR) is 77.2 cm³/mol. The Morgan fingerprint density at radius 3 is 2.50 bits per heavy atom. The summed E-state index contributed by atoms with van der Waals surface area (Å²) in [5.41, 5.74) is 2.24. The van der Waals surface area contributed by atoms with Gasteiger partial charge in [0, 0.05) is 20.1 Å². The van der Waals surface area contributed by atoms with E-state index in [1.165, 1.54) is 0 Å². The third-order valence-electron chi connectivity index (χ3n) is 3.81. The Bertz CT molecular complexity index is 502. The third kappa shape index (κ3) is 2.88. The molecular weight excluding hydrogens is 256 g/mol. The van der Waals surface area contributed by atoms with Crippen molar-refractivity contribution < 1.29 is 14.3 Å². The molecule has 1 aliphatic rings.